The zero-order valence-electron chi connectivity index (χ0n) is 15.4. The summed E-state index contributed by atoms with van der Waals surface area (Å²) >= 11 is 7.49. The first-order valence-electron chi connectivity index (χ1n) is 9.10. The number of likely N-dealkylation sites (N-methyl/N-ethyl adjacent to an activating group) is 1. The maximum atomic E-state index is 13.2. The van der Waals surface area contributed by atoms with Gasteiger partial charge >= 0.3 is 6.03 Å². The van der Waals surface area contributed by atoms with Crippen LogP contribution in [-0.2, 0) is 28.1 Å². The van der Waals surface area contributed by atoms with Crippen LogP contribution in [0.1, 0.15) is 28.8 Å². The van der Waals surface area contributed by atoms with E-state index in [-0.39, 0.29) is 18.4 Å². The van der Waals surface area contributed by atoms with E-state index in [1.54, 1.807) is 30.5 Å². The Labute approximate surface area is 172 Å². The Balaban J connectivity index is 1.48. The van der Waals surface area contributed by atoms with E-state index in [2.05, 4.69) is 5.32 Å². The number of nitrogens with zero attached hydrogens (tertiary/aromatic N) is 2. The molecule has 1 aliphatic carbocycles. The molecule has 1 saturated heterocycles. The standard InChI is InChI=1S/C20H20ClN3O3S/c1-23(11-13-4-6-14(21)7-5-13)17(25)12-24-18(26)20(22-19(24)27)9-2-3-16-15(20)8-10-28-16/h4-8,10H,2-3,9,11-12H2,1H3,(H,22,27)/t20-/m1/s1. The van der Waals surface area contributed by atoms with Gasteiger partial charge < -0.3 is 10.2 Å². The van der Waals surface area contributed by atoms with E-state index in [0.717, 1.165) is 33.7 Å². The zero-order valence-corrected chi connectivity index (χ0v) is 17.0. The molecule has 1 spiro atoms. The number of nitrogens with one attached hydrogen (secondary N) is 1. The highest BCUT2D eigenvalue weighted by Crippen LogP contribution is 2.42. The van der Waals surface area contributed by atoms with Gasteiger partial charge in [0.25, 0.3) is 5.91 Å². The van der Waals surface area contributed by atoms with Crippen LogP contribution in [0.4, 0.5) is 4.79 Å². The number of amides is 4. The van der Waals surface area contributed by atoms with Gasteiger partial charge in [0.05, 0.1) is 0 Å². The number of hydrogen-bond donors (Lipinski definition) is 1. The van der Waals surface area contributed by atoms with Crippen molar-refractivity contribution in [3.8, 4) is 0 Å². The lowest BCUT2D eigenvalue weighted by Gasteiger charge is -2.31. The summed E-state index contributed by atoms with van der Waals surface area (Å²) in [7, 11) is 1.66. The number of imide groups is 1. The van der Waals surface area contributed by atoms with Gasteiger partial charge in [0, 0.05) is 29.1 Å². The van der Waals surface area contributed by atoms with Crippen molar-refractivity contribution in [1.29, 1.82) is 0 Å². The van der Waals surface area contributed by atoms with E-state index in [4.69, 9.17) is 11.6 Å². The van der Waals surface area contributed by atoms with Crippen molar-refractivity contribution in [2.45, 2.75) is 31.3 Å². The van der Waals surface area contributed by atoms with Crippen LogP contribution in [0.5, 0.6) is 0 Å². The largest absolute Gasteiger partial charge is 0.340 e. The molecule has 1 aromatic heterocycles. The molecule has 0 unspecified atom stereocenters. The molecule has 28 heavy (non-hydrogen) atoms. The van der Waals surface area contributed by atoms with E-state index in [1.165, 1.54) is 4.90 Å². The summed E-state index contributed by atoms with van der Waals surface area (Å²) in [6.45, 7) is 0.107. The van der Waals surface area contributed by atoms with Crippen LogP contribution in [0.15, 0.2) is 35.7 Å². The number of thiophene rings is 1. The topological polar surface area (TPSA) is 69.7 Å². The molecule has 2 aliphatic rings. The predicted octanol–water partition coefficient (Wildman–Crippen LogP) is 3.14. The van der Waals surface area contributed by atoms with Crippen molar-refractivity contribution < 1.29 is 14.4 Å². The molecule has 1 aliphatic heterocycles. The fraction of sp³-hybridized carbons (Fsp3) is 0.350. The van der Waals surface area contributed by atoms with Crippen LogP contribution in [0.25, 0.3) is 0 Å². The van der Waals surface area contributed by atoms with Crippen molar-refractivity contribution >= 4 is 40.8 Å². The van der Waals surface area contributed by atoms with E-state index in [0.29, 0.717) is 18.0 Å². The second-order valence-electron chi connectivity index (χ2n) is 7.21. The first-order valence-corrected chi connectivity index (χ1v) is 10.4. The van der Waals surface area contributed by atoms with Crippen LogP contribution in [0.3, 0.4) is 0 Å². The Kier molecular flexibility index (Phi) is 4.89. The van der Waals surface area contributed by atoms with Crippen molar-refractivity contribution in [2.24, 2.45) is 0 Å². The molecule has 1 aromatic carbocycles. The van der Waals surface area contributed by atoms with Crippen LogP contribution >= 0.6 is 22.9 Å². The number of carbonyl (C=O) groups is 3. The quantitative estimate of drug-likeness (QED) is 0.777. The van der Waals surface area contributed by atoms with E-state index in [1.807, 2.05) is 23.6 Å². The number of fused-ring (bicyclic) bond motifs is 2. The maximum absolute atomic E-state index is 13.2. The van der Waals surface area contributed by atoms with Gasteiger partial charge in [-0.3, -0.25) is 14.5 Å². The molecular formula is C20H20ClN3O3S. The Morgan fingerprint density at radius 2 is 2.04 bits per heavy atom. The van der Waals surface area contributed by atoms with Crippen LogP contribution in [0, 0.1) is 0 Å². The Morgan fingerprint density at radius 1 is 1.29 bits per heavy atom. The third-order valence-electron chi connectivity index (χ3n) is 5.39. The molecule has 146 valence electrons. The minimum Gasteiger partial charge on any atom is -0.340 e. The van der Waals surface area contributed by atoms with Gasteiger partial charge in [-0.2, -0.15) is 0 Å². The second-order valence-corrected chi connectivity index (χ2v) is 8.65. The Morgan fingerprint density at radius 3 is 2.79 bits per heavy atom. The average Bonchev–Trinajstić information content (AvgIpc) is 3.24. The lowest BCUT2D eigenvalue weighted by Crippen LogP contribution is -2.46. The van der Waals surface area contributed by atoms with Crippen LogP contribution in [-0.4, -0.2) is 41.2 Å². The number of rotatable bonds is 4. The van der Waals surface area contributed by atoms with E-state index < -0.39 is 11.6 Å². The number of aryl methyl sites for hydroxylation is 1. The molecule has 4 amide bonds. The number of benzene rings is 1. The number of carbonyl (C=O) groups excluding carboxylic acids is 3. The van der Waals surface area contributed by atoms with Crippen molar-refractivity contribution in [2.75, 3.05) is 13.6 Å². The summed E-state index contributed by atoms with van der Waals surface area (Å²) in [5.41, 5.74) is 0.787. The normalized spacial score (nSPS) is 21.0. The van der Waals surface area contributed by atoms with Gasteiger partial charge in [0.15, 0.2) is 0 Å². The monoisotopic (exact) mass is 417 g/mol. The predicted molar refractivity (Wildman–Crippen MR) is 107 cm³/mol. The summed E-state index contributed by atoms with van der Waals surface area (Å²) in [4.78, 5) is 42.1. The number of halogens is 1. The highest BCUT2D eigenvalue weighted by molar-refractivity contribution is 7.10. The van der Waals surface area contributed by atoms with Gasteiger partial charge in [-0.15, -0.1) is 11.3 Å². The minimum atomic E-state index is -1.01. The fourth-order valence-electron chi connectivity index (χ4n) is 3.89. The molecule has 6 nitrogen and oxygen atoms in total. The van der Waals surface area contributed by atoms with Crippen LogP contribution in [0.2, 0.25) is 5.02 Å². The van der Waals surface area contributed by atoms with Gasteiger partial charge in [0.2, 0.25) is 5.91 Å². The van der Waals surface area contributed by atoms with Crippen molar-refractivity contribution in [3.63, 3.8) is 0 Å². The molecule has 2 aromatic rings. The SMILES string of the molecule is CN(Cc1ccc(Cl)cc1)C(=O)CN1C(=O)N[C@@]2(CCCc3sccc32)C1=O. The summed E-state index contributed by atoms with van der Waals surface area (Å²) < 4.78 is 0. The first-order chi connectivity index (χ1) is 13.4. The van der Waals surface area contributed by atoms with E-state index in [9.17, 15) is 14.4 Å². The summed E-state index contributed by atoms with van der Waals surface area (Å²) in [6.07, 6.45) is 2.31. The summed E-state index contributed by atoms with van der Waals surface area (Å²) in [5, 5.41) is 5.45. The van der Waals surface area contributed by atoms with Crippen molar-refractivity contribution in [3.05, 3.63) is 56.7 Å². The first kappa shape index (κ1) is 19.0. The van der Waals surface area contributed by atoms with Gasteiger partial charge in [-0.25, -0.2) is 4.79 Å². The Bertz CT molecular complexity index is 942. The third kappa shape index (κ3) is 3.18. The second kappa shape index (κ2) is 7.22. The fourth-order valence-corrected chi connectivity index (χ4v) is 5.02. The smallest absolute Gasteiger partial charge is 0.325 e. The molecule has 0 saturated carbocycles. The maximum Gasteiger partial charge on any atom is 0.325 e. The third-order valence-corrected chi connectivity index (χ3v) is 6.62. The number of urea groups is 1. The lowest BCUT2D eigenvalue weighted by molar-refractivity contribution is -0.139. The highest BCUT2D eigenvalue weighted by Gasteiger charge is 2.54. The average molecular weight is 418 g/mol. The molecule has 4 rings (SSSR count). The molecular weight excluding hydrogens is 398 g/mol. The van der Waals surface area contributed by atoms with Crippen molar-refractivity contribution in [1.82, 2.24) is 15.1 Å². The molecule has 1 atom stereocenters. The van der Waals surface area contributed by atoms with Gasteiger partial charge in [0.1, 0.15) is 12.1 Å². The molecule has 8 heteroatoms. The zero-order chi connectivity index (χ0) is 19.9. The van der Waals surface area contributed by atoms with Gasteiger partial charge in [-0.05, 0) is 48.4 Å². The number of hydrogen-bond acceptors (Lipinski definition) is 4. The molecule has 1 fully saturated rings. The summed E-state index contributed by atoms with van der Waals surface area (Å²) in [5.74, 6) is -0.623. The minimum absolute atomic E-state index is 0.268. The van der Waals surface area contributed by atoms with E-state index >= 15 is 0 Å². The molecule has 1 N–H and O–H groups in total. The summed E-state index contributed by atoms with van der Waals surface area (Å²) in [6, 6.07) is 8.62. The lowest BCUT2D eigenvalue weighted by atomic mass is 9.80. The van der Waals surface area contributed by atoms with Crippen LogP contribution < -0.4 is 5.32 Å². The Hall–Kier alpha value is -2.38. The van der Waals surface area contributed by atoms with Gasteiger partial charge in [-0.1, -0.05) is 23.7 Å². The molecule has 0 bridgehead atoms. The molecule has 0 radical (unpaired) electrons. The molecule has 2 heterocycles. The highest BCUT2D eigenvalue weighted by atomic mass is 35.5.